The van der Waals surface area contributed by atoms with Crippen LogP contribution in [-0.4, -0.2) is 45.4 Å². The lowest BCUT2D eigenvalue weighted by atomic mass is 10.1. The number of hydrogen-bond donors (Lipinski definition) is 2. The molecule has 1 fully saturated rings. The average molecular weight is 344 g/mol. The molecule has 2 heterocycles. The molecule has 2 N–H and O–H groups in total. The van der Waals surface area contributed by atoms with Crippen molar-refractivity contribution in [3.8, 4) is 0 Å². The summed E-state index contributed by atoms with van der Waals surface area (Å²) in [6.45, 7) is 2.92. The minimum Gasteiger partial charge on any atom is -0.395 e. The second-order valence-electron chi connectivity index (χ2n) is 6.02. The highest BCUT2D eigenvalue weighted by molar-refractivity contribution is 7.98. The van der Waals surface area contributed by atoms with Gasteiger partial charge in [0.1, 0.15) is 10.8 Å². The minimum absolute atomic E-state index is 0.248. The quantitative estimate of drug-likeness (QED) is 0.753. The topological polar surface area (TPSA) is 61.3 Å². The molecule has 1 atom stereocenters. The van der Waals surface area contributed by atoms with E-state index < -0.39 is 0 Å². The lowest BCUT2D eigenvalue weighted by molar-refractivity contribution is 0.153. The number of thioether (sulfide) groups is 1. The Bertz CT molecular complexity index is 667. The molecule has 0 saturated carbocycles. The third-order valence-electron chi connectivity index (χ3n) is 4.48. The van der Waals surface area contributed by atoms with Gasteiger partial charge in [-0.15, -0.1) is 11.8 Å². The van der Waals surface area contributed by atoms with Crippen molar-refractivity contribution in [1.82, 2.24) is 14.9 Å². The highest BCUT2D eigenvalue weighted by Gasteiger charge is 2.24. The van der Waals surface area contributed by atoms with Crippen LogP contribution >= 0.6 is 11.8 Å². The van der Waals surface area contributed by atoms with Crippen molar-refractivity contribution < 1.29 is 5.11 Å². The Morgan fingerprint density at radius 1 is 1.29 bits per heavy atom. The number of hydrogen-bond acceptors (Lipinski definition) is 6. The van der Waals surface area contributed by atoms with Gasteiger partial charge in [0.15, 0.2) is 0 Å². The van der Waals surface area contributed by atoms with Crippen LogP contribution in [0.5, 0.6) is 0 Å². The van der Waals surface area contributed by atoms with Crippen molar-refractivity contribution in [2.24, 2.45) is 0 Å². The summed E-state index contributed by atoms with van der Waals surface area (Å²) >= 11 is 1.59. The fraction of sp³-hybridized carbons (Fsp3) is 0.444. The zero-order valence-corrected chi connectivity index (χ0v) is 14.8. The van der Waals surface area contributed by atoms with Gasteiger partial charge in [-0.25, -0.2) is 4.98 Å². The monoisotopic (exact) mass is 344 g/mol. The maximum Gasteiger partial charge on any atom is 0.146 e. The van der Waals surface area contributed by atoms with E-state index in [2.05, 4.69) is 44.5 Å². The molecule has 1 aliphatic heterocycles. The summed E-state index contributed by atoms with van der Waals surface area (Å²) in [6, 6.07) is 8.77. The molecule has 1 saturated heterocycles. The van der Waals surface area contributed by atoms with E-state index in [0.717, 1.165) is 36.9 Å². The molecule has 2 aromatic rings. The fourth-order valence-corrected chi connectivity index (χ4v) is 3.49. The van der Waals surface area contributed by atoms with Gasteiger partial charge in [-0.2, -0.15) is 0 Å². The smallest absolute Gasteiger partial charge is 0.146 e. The third-order valence-corrected chi connectivity index (χ3v) is 5.10. The van der Waals surface area contributed by atoms with Crippen LogP contribution in [0, 0.1) is 0 Å². The van der Waals surface area contributed by atoms with Crippen molar-refractivity contribution in [2.75, 3.05) is 24.7 Å². The molecule has 0 radical (unpaired) electrons. The van der Waals surface area contributed by atoms with Gasteiger partial charge in [-0.1, -0.05) is 24.3 Å². The van der Waals surface area contributed by atoms with E-state index in [1.165, 1.54) is 17.5 Å². The molecular weight excluding hydrogens is 320 g/mol. The molecule has 1 aromatic carbocycles. The summed E-state index contributed by atoms with van der Waals surface area (Å²) in [5.74, 6) is 0.797. The zero-order chi connectivity index (χ0) is 16.8. The van der Waals surface area contributed by atoms with E-state index in [9.17, 15) is 5.11 Å². The van der Waals surface area contributed by atoms with Crippen molar-refractivity contribution in [3.63, 3.8) is 0 Å². The lowest BCUT2D eigenvalue weighted by Gasteiger charge is -2.24. The zero-order valence-electron chi connectivity index (χ0n) is 14.0. The van der Waals surface area contributed by atoms with Crippen molar-refractivity contribution >= 4 is 17.6 Å². The predicted octanol–water partition coefficient (Wildman–Crippen LogP) is 2.77. The minimum atomic E-state index is 0.248. The van der Waals surface area contributed by atoms with Crippen LogP contribution in [0.4, 0.5) is 5.82 Å². The van der Waals surface area contributed by atoms with E-state index >= 15 is 0 Å². The second-order valence-corrected chi connectivity index (χ2v) is 6.84. The van der Waals surface area contributed by atoms with Crippen molar-refractivity contribution in [2.45, 2.75) is 37.0 Å². The maximum absolute atomic E-state index is 9.51. The Balaban J connectivity index is 1.67. The van der Waals surface area contributed by atoms with Crippen LogP contribution in [0.1, 0.15) is 24.0 Å². The Morgan fingerprint density at radius 3 is 2.92 bits per heavy atom. The Kier molecular flexibility index (Phi) is 6.07. The highest BCUT2D eigenvalue weighted by Crippen LogP contribution is 2.22. The van der Waals surface area contributed by atoms with E-state index in [1.54, 1.807) is 24.2 Å². The molecule has 0 bridgehead atoms. The van der Waals surface area contributed by atoms with Crippen LogP contribution in [0.3, 0.4) is 0 Å². The summed E-state index contributed by atoms with van der Waals surface area (Å²) < 4.78 is 0. The van der Waals surface area contributed by atoms with Crippen LogP contribution in [0.15, 0.2) is 41.7 Å². The summed E-state index contributed by atoms with van der Waals surface area (Å²) in [4.78, 5) is 11.1. The van der Waals surface area contributed by atoms with Crippen LogP contribution in [-0.2, 0) is 13.1 Å². The lowest BCUT2D eigenvalue weighted by Crippen LogP contribution is -2.32. The van der Waals surface area contributed by atoms with Gasteiger partial charge in [0.2, 0.25) is 0 Å². The fourth-order valence-electron chi connectivity index (χ4n) is 3.13. The molecule has 5 nitrogen and oxygen atoms in total. The molecule has 128 valence electrons. The SMILES string of the molecule is CSc1cncc(NCc2ccccc2CN2CCCC2CO)n1. The highest BCUT2D eigenvalue weighted by atomic mass is 32.2. The molecule has 0 aliphatic carbocycles. The predicted molar refractivity (Wildman–Crippen MR) is 98.1 cm³/mol. The maximum atomic E-state index is 9.51. The number of rotatable bonds is 7. The first-order valence-corrected chi connectivity index (χ1v) is 9.54. The van der Waals surface area contributed by atoms with Gasteiger partial charge in [0.05, 0.1) is 19.0 Å². The number of likely N-dealkylation sites (tertiary alicyclic amines) is 1. The largest absolute Gasteiger partial charge is 0.395 e. The Morgan fingerprint density at radius 2 is 2.12 bits per heavy atom. The number of aromatic nitrogens is 2. The third kappa shape index (κ3) is 4.26. The molecular formula is C18H24N4OS. The number of nitrogens with zero attached hydrogens (tertiary/aromatic N) is 3. The van der Waals surface area contributed by atoms with Crippen molar-refractivity contribution in [3.05, 3.63) is 47.8 Å². The van der Waals surface area contributed by atoms with E-state index in [4.69, 9.17) is 0 Å². The van der Waals surface area contributed by atoms with Gasteiger partial charge < -0.3 is 10.4 Å². The Labute approximate surface area is 147 Å². The average Bonchev–Trinajstić information content (AvgIpc) is 3.08. The standard InChI is InChI=1S/C18H24N4OS/c1-24-18-11-19-10-17(21-18)20-9-14-5-2-3-6-15(14)12-22-8-4-7-16(22)13-23/h2-3,5-6,10-11,16,23H,4,7-9,12-13H2,1H3,(H,20,21). The van der Waals surface area contributed by atoms with Crippen molar-refractivity contribution in [1.29, 1.82) is 0 Å². The van der Waals surface area contributed by atoms with Gasteiger partial charge >= 0.3 is 0 Å². The van der Waals surface area contributed by atoms with Gasteiger partial charge in [0, 0.05) is 19.1 Å². The van der Waals surface area contributed by atoms with E-state index in [-0.39, 0.29) is 6.61 Å². The van der Waals surface area contributed by atoms with Gasteiger partial charge in [-0.3, -0.25) is 9.88 Å². The van der Waals surface area contributed by atoms with Crippen LogP contribution in [0.25, 0.3) is 0 Å². The molecule has 24 heavy (non-hydrogen) atoms. The first-order valence-electron chi connectivity index (χ1n) is 8.31. The first kappa shape index (κ1) is 17.2. The van der Waals surface area contributed by atoms with E-state index in [0.29, 0.717) is 6.04 Å². The molecule has 0 amide bonds. The summed E-state index contributed by atoms with van der Waals surface area (Å²) in [6.07, 6.45) is 7.78. The van der Waals surface area contributed by atoms with Crippen LogP contribution in [0.2, 0.25) is 0 Å². The normalized spacial score (nSPS) is 18.0. The number of nitrogens with one attached hydrogen (secondary N) is 1. The molecule has 6 heteroatoms. The molecule has 0 spiro atoms. The number of benzene rings is 1. The molecule has 3 rings (SSSR count). The summed E-state index contributed by atoms with van der Waals surface area (Å²) in [5.41, 5.74) is 2.57. The number of aliphatic hydroxyl groups is 1. The molecule has 1 aromatic heterocycles. The molecule has 1 aliphatic rings. The summed E-state index contributed by atoms with van der Waals surface area (Å²) in [5, 5.41) is 13.8. The number of aliphatic hydroxyl groups excluding tert-OH is 1. The number of anilines is 1. The van der Waals surface area contributed by atoms with Crippen LogP contribution < -0.4 is 5.32 Å². The molecule has 1 unspecified atom stereocenters. The van der Waals surface area contributed by atoms with Gasteiger partial charge in [-0.05, 0) is 36.8 Å². The summed E-state index contributed by atoms with van der Waals surface area (Å²) in [7, 11) is 0. The van der Waals surface area contributed by atoms with Gasteiger partial charge in [0.25, 0.3) is 0 Å². The second kappa shape index (κ2) is 8.46. The Hall–Kier alpha value is -1.63. The first-order chi connectivity index (χ1) is 11.8. The van der Waals surface area contributed by atoms with E-state index in [1.807, 2.05) is 6.26 Å².